The van der Waals surface area contributed by atoms with Crippen LogP contribution in [0.5, 0.6) is 5.75 Å². The predicted molar refractivity (Wildman–Crippen MR) is 84.6 cm³/mol. The van der Waals surface area contributed by atoms with Crippen LogP contribution in [0.1, 0.15) is 38.5 Å². The first-order chi connectivity index (χ1) is 11.3. The number of hydrogen-bond acceptors (Lipinski definition) is 5. The highest BCUT2D eigenvalue weighted by molar-refractivity contribution is 5.71. The first-order valence-electron chi connectivity index (χ1n) is 8.32. The summed E-state index contributed by atoms with van der Waals surface area (Å²) in [6.07, 6.45) is 4.62. The Morgan fingerprint density at radius 3 is 2.38 bits per heavy atom. The Hall–Kier alpha value is -2.15. The molecule has 7 nitrogen and oxygen atoms in total. The molecule has 0 radical (unpaired) electrons. The molecule has 0 heterocycles. The van der Waals surface area contributed by atoms with Gasteiger partial charge in [-0.05, 0) is 62.5 Å². The van der Waals surface area contributed by atoms with Crippen LogP contribution < -0.4 is 10.1 Å². The van der Waals surface area contributed by atoms with E-state index in [1.807, 2.05) is 0 Å². The summed E-state index contributed by atoms with van der Waals surface area (Å²) in [5.41, 5.74) is -1.08. The number of hydrogen-bond donors (Lipinski definition) is 2. The molecule has 4 saturated carbocycles. The summed E-state index contributed by atoms with van der Waals surface area (Å²) in [5.74, 6) is 1.20. The zero-order valence-electron chi connectivity index (χ0n) is 13.2. The van der Waals surface area contributed by atoms with E-state index in [2.05, 4.69) is 5.32 Å². The highest BCUT2D eigenvalue weighted by atomic mass is 16.6. The summed E-state index contributed by atoms with van der Waals surface area (Å²) < 4.78 is 5.27. The highest BCUT2D eigenvalue weighted by Gasteiger charge is 2.57. The average molecular weight is 332 g/mol. The SMILES string of the molecule is O=C(NC12CC3CC(CC(O)(C3)C1)C2)Oc1ccc([N+](=O)[O-])cc1. The highest BCUT2D eigenvalue weighted by Crippen LogP contribution is 2.57. The average Bonchev–Trinajstić information content (AvgIpc) is 2.44. The second-order valence-corrected chi connectivity index (χ2v) is 7.73. The standard InChI is InChI=1S/C17H20N2O5/c20-15(24-14-3-1-13(2-4-14)19(22)23)18-16-6-11-5-12(7-16)9-17(21,8-11)10-16/h1-4,11-12,21H,5-10H2,(H,18,20). The van der Waals surface area contributed by atoms with Crippen molar-refractivity contribution < 1.29 is 19.6 Å². The van der Waals surface area contributed by atoms with Crippen molar-refractivity contribution >= 4 is 11.8 Å². The molecule has 1 aromatic carbocycles. The van der Waals surface area contributed by atoms with Crippen LogP contribution in [-0.2, 0) is 0 Å². The molecule has 2 atom stereocenters. The van der Waals surface area contributed by atoms with E-state index in [4.69, 9.17) is 4.74 Å². The first-order valence-corrected chi connectivity index (χ1v) is 8.32. The van der Waals surface area contributed by atoms with Gasteiger partial charge in [0.05, 0.1) is 10.5 Å². The first kappa shape index (κ1) is 15.4. The molecule has 0 aromatic heterocycles. The van der Waals surface area contributed by atoms with Gasteiger partial charge in [-0.1, -0.05) is 0 Å². The Bertz CT molecular complexity index is 673. The van der Waals surface area contributed by atoms with Gasteiger partial charge in [-0.3, -0.25) is 10.1 Å². The molecule has 24 heavy (non-hydrogen) atoms. The Labute approximate surface area is 139 Å². The number of carbonyl (C=O) groups is 1. The molecule has 4 fully saturated rings. The summed E-state index contributed by atoms with van der Waals surface area (Å²) in [6.45, 7) is 0. The van der Waals surface area contributed by atoms with Crippen molar-refractivity contribution in [1.29, 1.82) is 0 Å². The van der Waals surface area contributed by atoms with Crippen molar-refractivity contribution in [3.63, 3.8) is 0 Å². The summed E-state index contributed by atoms with van der Waals surface area (Å²) in [5, 5.41) is 24.3. The second-order valence-electron chi connectivity index (χ2n) is 7.73. The Balaban J connectivity index is 1.43. The van der Waals surface area contributed by atoms with Crippen molar-refractivity contribution in [2.45, 2.75) is 49.7 Å². The van der Waals surface area contributed by atoms with Gasteiger partial charge < -0.3 is 15.2 Å². The van der Waals surface area contributed by atoms with E-state index in [9.17, 15) is 20.0 Å². The lowest BCUT2D eigenvalue weighted by Gasteiger charge is -2.60. The largest absolute Gasteiger partial charge is 0.413 e. The van der Waals surface area contributed by atoms with Crippen LogP contribution in [0.3, 0.4) is 0 Å². The van der Waals surface area contributed by atoms with Gasteiger partial charge in [0.1, 0.15) is 5.75 Å². The normalized spacial score (nSPS) is 36.4. The molecule has 0 saturated heterocycles. The van der Waals surface area contributed by atoms with Crippen molar-refractivity contribution in [2.75, 3.05) is 0 Å². The van der Waals surface area contributed by atoms with E-state index in [0.717, 1.165) is 32.1 Å². The number of carbonyl (C=O) groups excluding carboxylic acids is 1. The zero-order valence-corrected chi connectivity index (χ0v) is 13.2. The smallest absolute Gasteiger partial charge is 0.410 e. The summed E-state index contributed by atoms with van der Waals surface area (Å²) in [6, 6.07) is 5.42. The fraction of sp³-hybridized carbons (Fsp3) is 0.588. The Morgan fingerprint density at radius 1 is 1.21 bits per heavy atom. The van der Waals surface area contributed by atoms with Gasteiger partial charge in [-0.25, -0.2) is 4.79 Å². The van der Waals surface area contributed by atoms with E-state index in [1.165, 1.54) is 24.3 Å². The third kappa shape index (κ3) is 2.73. The van der Waals surface area contributed by atoms with Crippen LogP contribution >= 0.6 is 0 Å². The van der Waals surface area contributed by atoms with Crippen LogP contribution in [0.25, 0.3) is 0 Å². The number of nitrogens with one attached hydrogen (secondary N) is 1. The van der Waals surface area contributed by atoms with E-state index < -0.39 is 16.6 Å². The van der Waals surface area contributed by atoms with Crippen molar-refractivity contribution in [3.8, 4) is 5.75 Å². The minimum atomic E-state index is -0.648. The number of rotatable bonds is 3. The van der Waals surface area contributed by atoms with Gasteiger partial charge >= 0.3 is 6.09 Å². The van der Waals surface area contributed by atoms with Gasteiger partial charge in [-0.15, -0.1) is 0 Å². The van der Waals surface area contributed by atoms with E-state index in [0.29, 0.717) is 18.3 Å². The molecule has 4 aliphatic carbocycles. The zero-order chi connectivity index (χ0) is 16.9. The molecule has 2 unspecified atom stereocenters. The van der Waals surface area contributed by atoms with E-state index in [1.54, 1.807) is 0 Å². The molecule has 0 aliphatic heterocycles. The molecular weight excluding hydrogens is 312 g/mol. The topological polar surface area (TPSA) is 102 Å². The number of nitro benzene ring substituents is 1. The maximum Gasteiger partial charge on any atom is 0.413 e. The van der Waals surface area contributed by atoms with E-state index in [-0.39, 0.29) is 17.0 Å². The van der Waals surface area contributed by atoms with Gasteiger partial charge in [0, 0.05) is 17.7 Å². The number of ether oxygens (including phenoxy) is 1. The maximum absolute atomic E-state index is 12.3. The molecule has 1 aromatic rings. The molecule has 128 valence electrons. The number of nitrogens with zero attached hydrogens (tertiary/aromatic N) is 1. The van der Waals surface area contributed by atoms with Crippen LogP contribution in [0, 0.1) is 22.0 Å². The summed E-state index contributed by atoms with van der Waals surface area (Å²) in [7, 11) is 0. The number of amides is 1. The number of benzene rings is 1. The number of nitro groups is 1. The third-order valence-electron chi connectivity index (χ3n) is 5.66. The maximum atomic E-state index is 12.3. The molecule has 4 aliphatic rings. The number of non-ortho nitro benzene ring substituents is 1. The van der Waals surface area contributed by atoms with E-state index >= 15 is 0 Å². The lowest BCUT2D eigenvalue weighted by Crippen LogP contribution is -2.65. The van der Waals surface area contributed by atoms with Gasteiger partial charge in [0.2, 0.25) is 0 Å². The lowest BCUT2D eigenvalue weighted by molar-refractivity contribution is -0.384. The quantitative estimate of drug-likeness (QED) is 0.654. The molecule has 2 N–H and O–H groups in total. The van der Waals surface area contributed by atoms with Crippen LogP contribution in [0.4, 0.5) is 10.5 Å². The van der Waals surface area contributed by atoms with Crippen molar-refractivity contribution in [1.82, 2.24) is 5.32 Å². The molecular formula is C17H20N2O5. The summed E-state index contributed by atoms with van der Waals surface area (Å²) >= 11 is 0. The van der Waals surface area contributed by atoms with Crippen LogP contribution in [-0.4, -0.2) is 27.3 Å². The molecule has 0 spiro atoms. The van der Waals surface area contributed by atoms with Gasteiger partial charge in [0.15, 0.2) is 0 Å². The van der Waals surface area contributed by atoms with Gasteiger partial charge in [-0.2, -0.15) is 0 Å². The summed E-state index contributed by atoms with van der Waals surface area (Å²) in [4.78, 5) is 22.4. The van der Waals surface area contributed by atoms with Crippen molar-refractivity contribution in [2.24, 2.45) is 11.8 Å². The second kappa shape index (κ2) is 5.17. The van der Waals surface area contributed by atoms with Crippen LogP contribution in [0.15, 0.2) is 24.3 Å². The minimum absolute atomic E-state index is 0.0499. The third-order valence-corrected chi connectivity index (χ3v) is 5.66. The molecule has 7 heteroatoms. The fourth-order valence-electron chi connectivity index (χ4n) is 5.35. The molecule has 4 bridgehead atoms. The Kier molecular flexibility index (Phi) is 3.32. The number of aliphatic hydroxyl groups is 1. The van der Waals surface area contributed by atoms with Crippen LogP contribution in [0.2, 0.25) is 0 Å². The predicted octanol–water partition coefficient (Wildman–Crippen LogP) is 2.77. The van der Waals surface area contributed by atoms with Gasteiger partial charge in [0.25, 0.3) is 5.69 Å². The molecule has 1 amide bonds. The van der Waals surface area contributed by atoms with Crippen molar-refractivity contribution in [3.05, 3.63) is 34.4 Å². The molecule has 5 rings (SSSR count). The fourth-order valence-corrected chi connectivity index (χ4v) is 5.35. The lowest BCUT2D eigenvalue weighted by atomic mass is 9.51. The Morgan fingerprint density at radius 2 is 1.83 bits per heavy atom. The minimum Gasteiger partial charge on any atom is -0.410 e. The monoisotopic (exact) mass is 332 g/mol.